The highest BCUT2D eigenvalue weighted by Gasteiger charge is 2.31. The van der Waals surface area contributed by atoms with Gasteiger partial charge in [-0.25, -0.2) is 0 Å². The summed E-state index contributed by atoms with van der Waals surface area (Å²) in [6.07, 6.45) is -3.88. The van der Waals surface area contributed by atoms with Crippen molar-refractivity contribution in [3.8, 4) is 11.4 Å². The van der Waals surface area contributed by atoms with Crippen LogP contribution >= 0.6 is 0 Å². The van der Waals surface area contributed by atoms with Gasteiger partial charge in [0.1, 0.15) is 0 Å². The highest BCUT2D eigenvalue weighted by atomic mass is 19.4. The van der Waals surface area contributed by atoms with Gasteiger partial charge in [0.25, 0.3) is 0 Å². The summed E-state index contributed by atoms with van der Waals surface area (Å²) in [4.78, 5) is 20.3. The lowest BCUT2D eigenvalue weighted by atomic mass is 10.1. The fourth-order valence-electron chi connectivity index (χ4n) is 3.10. The van der Waals surface area contributed by atoms with Crippen molar-refractivity contribution in [1.29, 1.82) is 0 Å². The fourth-order valence-corrected chi connectivity index (χ4v) is 3.10. The molecule has 1 aromatic heterocycles. The van der Waals surface area contributed by atoms with Gasteiger partial charge in [0.05, 0.1) is 12.1 Å². The number of carbonyl (C=O) groups excluding carboxylic acids is 1. The van der Waals surface area contributed by atoms with Crippen molar-refractivity contribution in [2.75, 3.05) is 26.2 Å². The summed E-state index contributed by atoms with van der Waals surface area (Å²) in [5.41, 5.74) is -0.493. The van der Waals surface area contributed by atoms with E-state index in [0.717, 1.165) is 12.1 Å². The largest absolute Gasteiger partial charge is 0.416 e. The van der Waals surface area contributed by atoms with Crippen molar-refractivity contribution in [1.82, 2.24) is 19.9 Å². The second-order valence-electron chi connectivity index (χ2n) is 7.35. The zero-order valence-corrected chi connectivity index (χ0v) is 15.9. The minimum absolute atomic E-state index is 0.131. The lowest BCUT2D eigenvalue weighted by molar-refractivity contribution is -0.137. The molecule has 152 valence electrons. The number of rotatable bonds is 5. The van der Waals surface area contributed by atoms with Crippen molar-refractivity contribution < 1.29 is 22.5 Å². The van der Waals surface area contributed by atoms with Crippen LogP contribution in [0.15, 0.2) is 28.8 Å². The molecule has 0 spiro atoms. The summed E-state index contributed by atoms with van der Waals surface area (Å²) >= 11 is 0. The molecule has 28 heavy (non-hydrogen) atoms. The molecule has 0 atom stereocenters. The summed E-state index contributed by atoms with van der Waals surface area (Å²) in [6, 6.07) is 4.85. The van der Waals surface area contributed by atoms with E-state index in [1.807, 2.05) is 18.7 Å². The highest BCUT2D eigenvalue weighted by molar-refractivity contribution is 5.76. The van der Waals surface area contributed by atoms with Gasteiger partial charge in [-0.1, -0.05) is 31.1 Å². The predicted molar refractivity (Wildman–Crippen MR) is 96.0 cm³/mol. The number of amides is 1. The van der Waals surface area contributed by atoms with E-state index < -0.39 is 11.7 Å². The number of piperazine rings is 1. The molecule has 1 aromatic carbocycles. The lowest BCUT2D eigenvalue weighted by Gasteiger charge is -2.34. The number of hydrogen-bond donors (Lipinski definition) is 0. The molecule has 0 radical (unpaired) electrons. The van der Waals surface area contributed by atoms with E-state index in [2.05, 4.69) is 15.0 Å². The number of aromatic nitrogens is 2. The Morgan fingerprint density at radius 3 is 2.57 bits per heavy atom. The number of carbonyl (C=O) groups is 1. The number of hydrogen-bond acceptors (Lipinski definition) is 5. The van der Waals surface area contributed by atoms with E-state index in [9.17, 15) is 18.0 Å². The minimum atomic E-state index is -4.42. The Balaban J connectivity index is 1.58. The Bertz CT molecular complexity index is 812. The summed E-state index contributed by atoms with van der Waals surface area (Å²) in [6.45, 7) is 7.09. The molecule has 0 saturated carbocycles. The summed E-state index contributed by atoms with van der Waals surface area (Å²) in [5, 5.41) is 3.81. The monoisotopic (exact) mass is 396 g/mol. The van der Waals surface area contributed by atoms with Crippen molar-refractivity contribution in [3.63, 3.8) is 0 Å². The van der Waals surface area contributed by atoms with Gasteiger partial charge in [-0.2, -0.15) is 18.2 Å². The van der Waals surface area contributed by atoms with Gasteiger partial charge in [0.15, 0.2) is 0 Å². The van der Waals surface area contributed by atoms with Crippen LogP contribution in [0.2, 0.25) is 0 Å². The van der Waals surface area contributed by atoms with E-state index in [4.69, 9.17) is 4.52 Å². The molecule has 1 fully saturated rings. The molecule has 2 heterocycles. The average Bonchev–Trinajstić information content (AvgIpc) is 3.10. The predicted octanol–water partition coefficient (Wildman–Crippen LogP) is 3.45. The van der Waals surface area contributed by atoms with Gasteiger partial charge >= 0.3 is 6.18 Å². The summed E-state index contributed by atoms with van der Waals surface area (Å²) < 4.78 is 43.8. The number of nitrogens with zero attached hydrogens (tertiary/aromatic N) is 4. The maximum atomic E-state index is 12.9. The molecule has 1 amide bonds. The van der Waals surface area contributed by atoms with Crippen molar-refractivity contribution in [3.05, 3.63) is 35.7 Å². The van der Waals surface area contributed by atoms with E-state index in [-0.39, 0.29) is 17.3 Å². The van der Waals surface area contributed by atoms with E-state index in [0.29, 0.717) is 51.0 Å². The van der Waals surface area contributed by atoms with E-state index in [1.165, 1.54) is 12.1 Å². The van der Waals surface area contributed by atoms with Gasteiger partial charge < -0.3 is 9.42 Å². The topological polar surface area (TPSA) is 62.5 Å². The van der Waals surface area contributed by atoms with Crippen LogP contribution < -0.4 is 0 Å². The van der Waals surface area contributed by atoms with Crippen LogP contribution in [0.5, 0.6) is 0 Å². The van der Waals surface area contributed by atoms with Crippen LogP contribution in [0.1, 0.15) is 31.7 Å². The number of alkyl halides is 3. The SMILES string of the molecule is CC(C)CC(=O)N1CCN(Cc2nc(-c3cccc(C(F)(F)F)c3)no2)CC1. The quantitative estimate of drug-likeness (QED) is 0.775. The minimum Gasteiger partial charge on any atom is -0.340 e. The first-order chi connectivity index (χ1) is 13.2. The zero-order valence-electron chi connectivity index (χ0n) is 15.9. The number of benzene rings is 1. The standard InChI is InChI=1S/C19H23F3N4O2/c1-13(2)10-17(27)26-8-6-25(7-9-26)12-16-23-18(24-28-16)14-4-3-5-15(11-14)19(20,21)22/h3-5,11,13H,6-10,12H2,1-2H3. The molecule has 0 N–H and O–H groups in total. The first-order valence-corrected chi connectivity index (χ1v) is 9.22. The molecule has 1 aliphatic heterocycles. The highest BCUT2D eigenvalue weighted by Crippen LogP contribution is 2.31. The molecule has 6 nitrogen and oxygen atoms in total. The van der Waals surface area contributed by atoms with Crippen LogP contribution in [0.4, 0.5) is 13.2 Å². The molecule has 3 rings (SSSR count). The van der Waals surface area contributed by atoms with E-state index in [1.54, 1.807) is 0 Å². The normalized spacial score (nSPS) is 16.0. The molecule has 1 saturated heterocycles. The molecule has 0 bridgehead atoms. The molecule has 1 aliphatic rings. The van der Waals surface area contributed by atoms with Crippen molar-refractivity contribution in [2.24, 2.45) is 5.92 Å². The maximum absolute atomic E-state index is 12.9. The number of halogens is 3. The first-order valence-electron chi connectivity index (χ1n) is 9.22. The molecule has 0 unspecified atom stereocenters. The van der Waals surface area contributed by atoms with Crippen LogP contribution in [0.25, 0.3) is 11.4 Å². The Morgan fingerprint density at radius 1 is 1.21 bits per heavy atom. The van der Waals surface area contributed by atoms with Gasteiger partial charge in [0.2, 0.25) is 17.6 Å². The summed E-state index contributed by atoms with van der Waals surface area (Å²) in [5.74, 6) is 0.971. The van der Waals surface area contributed by atoms with Gasteiger partial charge in [-0.15, -0.1) is 0 Å². The van der Waals surface area contributed by atoms with Gasteiger partial charge in [0, 0.05) is 38.2 Å². The Hall–Kier alpha value is -2.42. The third kappa shape index (κ3) is 5.09. The Morgan fingerprint density at radius 2 is 1.93 bits per heavy atom. The van der Waals surface area contributed by atoms with Gasteiger partial charge in [-0.3, -0.25) is 9.69 Å². The molecule has 9 heteroatoms. The lowest BCUT2D eigenvalue weighted by Crippen LogP contribution is -2.48. The third-order valence-corrected chi connectivity index (χ3v) is 4.58. The summed E-state index contributed by atoms with van der Waals surface area (Å²) in [7, 11) is 0. The molecular weight excluding hydrogens is 373 g/mol. The molecule has 2 aromatic rings. The smallest absolute Gasteiger partial charge is 0.340 e. The maximum Gasteiger partial charge on any atom is 0.416 e. The van der Waals surface area contributed by atoms with Gasteiger partial charge in [-0.05, 0) is 18.1 Å². The third-order valence-electron chi connectivity index (χ3n) is 4.58. The van der Waals surface area contributed by atoms with Crippen molar-refractivity contribution in [2.45, 2.75) is 33.0 Å². The molecule has 0 aliphatic carbocycles. The van der Waals surface area contributed by atoms with Crippen molar-refractivity contribution >= 4 is 5.91 Å². The van der Waals surface area contributed by atoms with Crippen LogP contribution in [0.3, 0.4) is 0 Å². The van der Waals surface area contributed by atoms with Crippen LogP contribution in [-0.4, -0.2) is 52.0 Å². The second kappa shape index (κ2) is 8.30. The molecular formula is C19H23F3N4O2. The first kappa shape index (κ1) is 20.3. The van der Waals surface area contributed by atoms with E-state index >= 15 is 0 Å². The fraction of sp³-hybridized carbons (Fsp3) is 0.526. The van der Waals surface area contributed by atoms with Crippen LogP contribution in [0, 0.1) is 5.92 Å². The average molecular weight is 396 g/mol. The van der Waals surface area contributed by atoms with Crippen LogP contribution in [-0.2, 0) is 17.5 Å². The Kier molecular flexibility index (Phi) is 6.02. The second-order valence-corrected chi connectivity index (χ2v) is 7.35. The Labute approximate surface area is 161 Å². The zero-order chi connectivity index (χ0) is 20.3.